The lowest BCUT2D eigenvalue weighted by Crippen LogP contribution is -2.55. The quantitative estimate of drug-likeness (QED) is 0.383. The molecule has 5 rings (SSSR count). The number of carbonyl (C=O) groups excluding carboxylic acids is 2. The minimum atomic E-state index is -0.898. The Kier molecular flexibility index (Phi) is 6.05. The highest BCUT2D eigenvalue weighted by Gasteiger charge is 2.61. The second-order valence-corrected chi connectivity index (χ2v) is 9.92. The zero-order valence-electron chi connectivity index (χ0n) is 21.0. The van der Waals surface area contributed by atoms with Gasteiger partial charge in [-0.3, -0.25) is 14.6 Å². The van der Waals surface area contributed by atoms with Crippen LogP contribution in [0.1, 0.15) is 49.0 Å². The number of amides is 3. The van der Waals surface area contributed by atoms with E-state index < -0.39 is 5.54 Å². The number of ether oxygens (including phenoxy) is 1. The van der Waals surface area contributed by atoms with E-state index in [0.717, 1.165) is 52.9 Å². The molecule has 7 nitrogen and oxygen atoms in total. The topological polar surface area (TPSA) is 68.9 Å². The molecule has 7 heteroatoms. The van der Waals surface area contributed by atoms with Gasteiger partial charge < -0.3 is 14.6 Å². The van der Waals surface area contributed by atoms with E-state index in [1.807, 2.05) is 74.4 Å². The molecule has 0 spiro atoms. The van der Waals surface area contributed by atoms with Gasteiger partial charge in [-0.2, -0.15) is 0 Å². The zero-order valence-corrected chi connectivity index (χ0v) is 21.0. The van der Waals surface area contributed by atoms with E-state index in [2.05, 4.69) is 9.88 Å². The number of benzene rings is 2. The normalized spacial score (nSPS) is 21.7. The number of aromatic amines is 1. The van der Waals surface area contributed by atoms with E-state index in [1.54, 1.807) is 7.11 Å². The summed E-state index contributed by atoms with van der Waals surface area (Å²) < 4.78 is 5.50. The molecule has 2 atom stereocenters. The molecule has 1 saturated heterocycles. The third-order valence-corrected chi connectivity index (χ3v) is 7.63. The second-order valence-electron chi connectivity index (χ2n) is 9.92. The number of unbranched alkanes of at least 4 members (excludes halogenated alkanes) is 1. The van der Waals surface area contributed by atoms with Gasteiger partial charge in [0.25, 0.3) is 5.91 Å². The van der Waals surface area contributed by atoms with E-state index in [-0.39, 0.29) is 18.0 Å². The van der Waals surface area contributed by atoms with Crippen LogP contribution in [0.2, 0.25) is 0 Å². The Morgan fingerprint density at radius 1 is 1.11 bits per heavy atom. The van der Waals surface area contributed by atoms with Crippen molar-refractivity contribution >= 4 is 22.8 Å². The Hall–Kier alpha value is -3.32. The number of rotatable bonds is 8. The van der Waals surface area contributed by atoms with Gasteiger partial charge in [0.05, 0.1) is 7.11 Å². The average Bonchev–Trinajstić information content (AvgIpc) is 3.33. The third-order valence-electron chi connectivity index (χ3n) is 7.63. The van der Waals surface area contributed by atoms with Crippen molar-refractivity contribution in [3.63, 3.8) is 0 Å². The van der Waals surface area contributed by atoms with Gasteiger partial charge in [-0.1, -0.05) is 37.3 Å². The van der Waals surface area contributed by atoms with Gasteiger partial charge in [0.1, 0.15) is 17.3 Å². The molecule has 35 heavy (non-hydrogen) atoms. The average molecular weight is 475 g/mol. The summed E-state index contributed by atoms with van der Waals surface area (Å²) in [5.41, 5.74) is 3.18. The summed E-state index contributed by atoms with van der Waals surface area (Å²) in [5.74, 6) is 0.707. The largest absolute Gasteiger partial charge is 0.497 e. The summed E-state index contributed by atoms with van der Waals surface area (Å²) in [6, 6.07) is 15.5. The Morgan fingerprint density at radius 2 is 1.89 bits per heavy atom. The Morgan fingerprint density at radius 3 is 2.57 bits per heavy atom. The first-order valence-electron chi connectivity index (χ1n) is 12.4. The van der Waals surface area contributed by atoms with Gasteiger partial charge in [-0.15, -0.1) is 0 Å². The molecule has 0 aliphatic carbocycles. The molecule has 3 heterocycles. The predicted octanol–water partition coefficient (Wildman–Crippen LogP) is 4.58. The van der Waals surface area contributed by atoms with Crippen molar-refractivity contribution in [2.24, 2.45) is 0 Å². The number of H-pyrrole nitrogens is 1. The molecule has 184 valence electrons. The van der Waals surface area contributed by atoms with Gasteiger partial charge in [-0.25, -0.2) is 4.79 Å². The van der Waals surface area contributed by atoms with Crippen molar-refractivity contribution in [2.45, 2.75) is 44.2 Å². The van der Waals surface area contributed by atoms with Gasteiger partial charge in [0.15, 0.2) is 0 Å². The molecule has 1 N–H and O–H groups in total. The molecule has 1 aromatic heterocycles. The molecule has 0 saturated carbocycles. The molecule has 0 bridgehead atoms. The first kappa shape index (κ1) is 23.4. The maximum Gasteiger partial charge on any atom is 0.328 e. The SMILES string of the molecule is CCC12Cc3c([nH]c4ccc(OC)cc34)C(c3ccccc3)N1C(=O)N(CCCCN(C)C)C2=O. The van der Waals surface area contributed by atoms with Crippen molar-refractivity contribution in [1.29, 1.82) is 0 Å². The van der Waals surface area contributed by atoms with E-state index >= 15 is 0 Å². The van der Waals surface area contributed by atoms with Crippen molar-refractivity contribution < 1.29 is 14.3 Å². The number of methoxy groups -OCH3 is 1. The number of aromatic nitrogens is 1. The van der Waals surface area contributed by atoms with Gasteiger partial charge in [0.2, 0.25) is 0 Å². The van der Waals surface area contributed by atoms with Crippen LogP contribution in [0.5, 0.6) is 5.75 Å². The summed E-state index contributed by atoms with van der Waals surface area (Å²) >= 11 is 0. The van der Waals surface area contributed by atoms with Crippen LogP contribution in [0, 0.1) is 0 Å². The van der Waals surface area contributed by atoms with Crippen molar-refractivity contribution in [1.82, 2.24) is 19.7 Å². The number of fused-ring (bicyclic) bond motifs is 4. The first-order chi connectivity index (χ1) is 16.9. The molecule has 3 aromatic rings. The van der Waals surface area contributed by atoms with Crippen LogP contribution in [0.25, 0.3) is 10.9 Å². The Labute approximate surface area is 206 Å². The maximum absolute atomic E-state index is 14.0. The fourth-order valence-corrected chi connectivity index (χ4v) is 5.79. The summed E-state index contributed by atoms with van der Waals surface area (Å²) in [7, 11) is 5.74. The molecule has 2 aliphatic heterocycles. The third kappa shape index (κ3) is 3.69. The molecular weight excluding hydrogens is 440 g/mol. The number of hydrogen-bond donors (Lipinski definition) is 1. The first-order valence-corrected chi connectivity index (χ1v) is 12.4. The predicted molar refractivity (Wildman–Crippen MR) is 137 cm³/mol. The molecule has 2 unspecified atom stereocenters. The van der Waals surface area contributed by atoms with E-state index in [0.29, 0.717) is 19.4 Å². The van der Waals surface area contributed by atoms with Gasteiger partial charge in [0, 0.05) is 29.6 Å². The highest BCUT2D eigenvalue weighted by atomic mass is 16.5. The molecule has 1 fully saturated rings. The fraction of sp³-hybridized carbons (Fsp3) is 0.429. The van der Waals surface area contributed by atoms with E-state index in [1.165, 1.54) is 4.90 Å². The standard InChI is InChI=1S/C28H34N4O3/c1-5-28-18-22-21-17-20(35-4)13-14-23(21)29-24(22)25(19-11-7-6-8-12-19)32(28)27(34)31(26(28)33)16-10-9-15-30(2)3/h6-8,11-14,17,25,29H,5,9-10,15-16,18H2,1-4H3. The lowest BCUT2D eigenvalue weighted by molar-refractivity contribution is -0.134. The lowest BCUT2D eigenvalue weighted by atomic mass is 9.78. The maximum atomic E-state index is 14.0. The van der Waals surface area contributed by atoms with Gasteiger partial charge >= 0.3 is 6.03 Å². The van der Waals surface area contributed by atoms with Crippen LogP contribution in [-0.4, -0.2) is 71.5 Å². The van der Waals surface area contributed by atoms with Crippen LogP contribution in [0.3, 0.4) is 0 Å². The van der Waals surface area contributed by atoms with Crippen LogP contribution in [0.4, 0.5) is 4.79 Å². The molecule has 2 aliphatic rings. The molecular formula is C28H34N4O3. The minimum Gasteiger partial charge on any atom is -0.497 e. The number of nitrogens with one attached hydrogen (secondary N) is 1. The summed E-state index contributed by atoms with van der Waals surface area (Å²) in [6.45, 7) is 3.41. The zero-order chi connectivity index (χ0) is 24.7. The Bertz CT molecular complexity index is 1250. The summed E-state index contributed by atoms with van der Waals surface area (Å²) in [5, 5.41) is 1.05. The van der Waals surface area contributed by atoms with Crippen LogP contribution >= 0.6 is 0 Å². The lowest BCUT2D eigenvalue weighted by Gasteiger charge is -2.44. The Balaban J connectivity index is 1.63. The van der Waals surface area contributed by atoms with Gasteiger partial charge in [-0.05, 0) is 69.2 Å². The number of urea groups is 1. The van der Waals surface area contributed by atoms with Crippen LogP contribution < -0.4 is 4.74 Å². The number of hydrogen-bond acceptors (Lipinski definition) is 4. The fourth-order valence-electron chi connectivity index (χ4n) is 5.79. The van der Waals surface area contributed by atoms with Crippen LogP contribution in [-0.2, 0) is 11.2 Å². The summed E-state index contributed by atoms with van der Waals surface area (Å²) in [6.07, 6.45) is 2.79. The highest BCUT2D eigenvalue weighted by Crippen LogP contribution is 2.50. The number of imide groups is 1. The molecule has 3 amide bonds. The highest BCUT2D eigenvalue weighted by molar-refractivity contribution is 6.08. The summed E-state index contributed by atoms with van der Waals surface area (Å²) in [4.78, 5) is 37.1. The minimum absolute atomic E-state index is 0.0707. The van der Waals surface area contributed by atoms with Crippen molar-refractivity contribution in [3.05, 3.63) is 65.4 Å². The second kappa shape index (κ2) is 9.04. The van der Waals surface area contributed by atoms with Crippen molar-refractivity contribution in [3.8, 4) is 5.75 Å². The smallest absolute Gasteiger partial charge is 0.328 e. The monoisotopic (exact) mass is 474 g/mol. The van der Waals surface area contributed by atoms with Crippen molar-refractivity contribution in [2.75, 3.05) is 34.3 Å². The van der Waals surface area contributed by atoms with Crippen LogP contribution in [0.15, 0.2) is 48.5 Å². The number of carbonyl (C=O) groups is 2. The van der Waals surface area contributed by atoms with E-state index in [9.17, 15) is 9.59 Å². The number of nitrogens with zero attached hydrogens (tertiary/aromatic N) is 3. The molecule has 0 radical (unpaired) electrons. The molecule has 2 aromatic carbocycles. The van der Waals surface area contributed by atoms with E-state index in [4.69, 9.17) is 4.74 Å².